The first-order valence-electron chi connectivity index (χ1n) is 8.14. The zero-order chi connectivity index (χ0) is 15.8. The van der Waals surface area contributed by atoms with Gasteiger partial charge in [-0.2, -0.15) is 0 Å². The van der Waals surface area contributed by atoms with Crippen molar-refractivity contribution in [2.75, 3.05) is 20.3 Å². The van der Waals surface area contributed by atoms with Gasteiger partial charge in [0.15, 0.2) is 0 Å². The number of aliphatic hydroxyl groups excluding tert-OH is 1. The smallest absolute Gasteiger partial charge is 0.222 e. The lowest BCUT2D eigenvalue weighted by Gasteiger charge is -2.29. The third-order valence-electron chi connectivity index (χ3n) is 4.72. The van der Waals surface area contributed by atoms with Gasteiger partial charge in [0.2, 0.25) is 5.91 Å². The molecule has 0 radical (unpaired) electrons. The van der Waals surface area contributed by atoms with E-state index in [1.807, 2.05) is 30.3 Å². The van der Waals surface area contributed by atoms with E-state index in [4.69, 9.17) is 4.74 Å². The predicted molar refractivity (Wildman–Crippen MR) is 86.4 cm³/mol. The minimum atomic E-state index is -0.736. The van der Waals surface area contributed by atoms with Crippen molar-refractivity contribution in [1.82, 2.24) is 5.32 Å². The topological polar surface area (TPSA) is 58.6 Å². The van der Waals surface area contributed by atoms with Gasteiger partial charge < -0.3 is 15.2 Å². The van der Waals surface area contributed by atoms with E-state index in [9.17, 15) is 9.90 Å². The molecule has 1 saturated carbocycles. The fraction of sp³-hybridized carbons (Fsp3) is 0.611. The monoisotopic (exact) mass is 305 g/mol. The van der Waals surface area contributed by atoms with Crippen LogP contribution in [-0.2, 0) is 9.53 Å². The lowest BCUT2D eigenvalue weighted by Crippen LogP contribution is -2.37. The Morgan fingerprint density at radius 3 is 2.64 bits per heavy atom. The van der Waals surface area contributed by atoms with Crippen LogP contribution < -0.4 is 5.32 Å². The molecule has 1 amide bonds. The van der Waals surface area contributed by atoms with E-state index in [2.05, 4.69) is 5.32 Å². The Hall–Kier alpha value is -1.39. The van der Waals surface area contributed by atoms with Crippen molar-refractivity contribution in [3.8, 4) is 0 Å². The minimum absolute atomic E-state index is 0.0833. The summed E-state index contributed by atoms with van der Waals surface area (Å²) in [6, 6.07) is 9.32. The van der Waals surface area contributed by atoms with E-state index in [0.717, 1.165) is 31.4 Å². The largest absolute Gasteiger partial charge is 0.388 e. The van der Waals surface area contributed by atoms with E-state index >= 15 is 0 Å². The molecule has 1 fully saturated rings. The minimum Gasteiger partial charge on any atom is -0.388 e. The highest BCUT2D eigenvalue weighted by atomic mass is 16.5. The fourth-order valence-corrected chi connectivity index (χ4v) is 3.29. The molecule has 0 saturated heterocycles. The Bertz CT molecular complexity index is 455. The average Bonchev–Trinajstić information content (AvgIpc) is 3.01. The summed E-state index contributed by atoms with van der Waals surface area (Å²) in [5.74, 6) is -0.0833. The van der Waals surface area contributed by atoms with Crippen molar-refractivity contribution in [1.29, 1.82) is 0 Å². The molecular weight excluding hydrogens is 278 g/mol. The third kappa shape index (κ3) is 4.82. The Morgan fingerprint density at radius 2 is 2.00 bits per heavy atom. The molecule has 2 rings (SSSR count). The van der Waals surface area contributed by atoms with Crippen molar-refractivity contribution in [2.45, 2.75) is 44.6 Å². The highest BCUT2D eigenvalue weighted by Gasteiger charge is 2.33. The number of nitrogens with one attached hydrogen (secondary N) is 1. The van der Waals surface area contributed by atoms with Crippen molar-refractivity contribution >= 4 is 5.91 Å². The number of benzene rings is 1. The first-order valence-corrected chi connectivity index (χ1v) is 8.14. The highest BCUT2D eigenvalue weighted by molar-refractivity contribution is 5.76. The van der Waals surface area contributed by atoms with E-state index in [0.29, 0.717) is 6.54 Å². The number of amides is 1. The molecule has 1 aliphatic carbocycles. The fourth-order valence-electron chi connectivity index (χ4n) is 3.29. The molecule has 0 aromatic heterocycles. The summed E-state index contributed by atoms with van der Waals surface area (Å²) in [4.78, 5) is 12.1. The Balaban J connectivity index is 1.81. The van der Waals surface area contributed by atoms with Gasteiger partial charge in [-0.15, -0.1) is 0 Å². The second-order valence-electron chi connectivity index (χ2n) is 6.36. The Kier molecular flexibility index (Phi) is 6.40. The standard InChI is InChI=1S/C18H27NO3/c1-22-12-11-18(9-5-6-10-18)14-19-17(21)13-16(20)15-7-3-2-4-8-15/h2-4,7-8,16,20H,5-6,9-14H2,1H3,(H,19,21). The van der Waals surface area contributed by atoms with Crippen LogP contribution in [0, 0.1) is 5.41 Å². The summed E-state index contributed by atoms with van der Waals surface area (Å²) in [7, 11) is 1.72. The van der Waals surface area contributed by atoms with Crippen LogP contribution in [0.1, 0.15) is 50.2 Å². The van der Waals surface area contributed by atoms with Gasteiger partial charge in [0, 0.05) is 20.3 Å². The summed E-state index contributed by atoms with van der Waals surface area (Å²) in [5, 5.41) is 13.1. The van der Waals surface area contributed by atoms with Crippen LogP contribution in [-0.4, -0.2) is 31.3 Å². The van der Waals surface area contributed by atoms with Gasteiger partial charge in [0.05, 0.1) is 12.5 Å². The summed E-state index contributed by atoms with van der Waals surface area (Å²) in [5.41, 5.74) is 0.969. The molecule has 0 bridgehead atoms. The van der Waals surface area contributed by atoms with Crippen LogP contribution in [0.2, 0.25) is 0 Å². The third-order valence-corrected chi connectivity index (χ3v) is 4.72. The molecule has 0 spiro atoms. The summed E-state index contributed by atoms with van der Waals surface area (Å²) in [6.07, 6.45) is 5.13. The normalized spacial score (nSPS) is 18.1. The predicted octanol–water partition coefficient (Wildman–Crippen LogP) is 2.82. The van der Waals surface area contributed by atoms with Crippen molar-refractivity contribution in [3.05, 3.63) is 35.9 Å². The number of aliphatic hydroxyl groups is 1. The number of rotatable bonds is 8. The average molecular weight is 305 g/mol. The van der Waals surface area contributed by atoms with Gasteiger partial charge in [-0.25, -0.2) is 0 Å². The lowest BCUT2D eigenvalue weighted by atomic mass is 9.83. The number of carbonyl (C=O) groups is 1. The van der Waals surface area contributed by atoms with Crippen LogP contribution in [0.25, 0.3) is 0 Å². The Morgan fingerprint density at radius 1 is 1.32 bits per heavy atom. The van der Waals surface area contributed by atoms with Gasteiger partial charge in [-0.05, 0) is 30.2 Å². The lowest BCUT2D eigenvalue weighted by molar-refractivity contribution is -0.123. The van der Waals surface area contributed by atoms with Gasteiger partial charge in [0.25, 0.3) is 0 Å². The highest BCUT2D eigenvalue weighted by Crippen LogP contribution is 2.40. The summed E-state index contributed by atoms with van der Waals surface area (Å²) < 4.78 is 5.21. The molecule has 1 aromatic carbocycles. The second kappa shape index (κ2) is 8.30. The zero-order valence-corrected chi connectivity index (χ0v) is 13.4. The molecule has 122 valence electrons. The van der Waals surface area contributed by atoms with E-state index < -0.39 is 6.10 Å². The molecule has 1 aromatic rings. The molecule has 1 unspecified atom stereocenters. The number of hydrogen-bond acceptors (Lipinski definition) is 3. The molecule has 4 heteroatoms. The van der Waals surface area contributed by atoms with Crippen molar-refractivity contribution in [3.63, 3.8) is 0 Å². The van der Waals surface area contributed by atoms with E-state index in [1.54, 1.807) is 7.11 Å². The second-order valence-corrected chi connectivity index (χ2v) is 6.36. The van der Waals surface area contributed by atoms with Gasteiger partial charge in [0.1, 0.15) is 0 Å². The molecule has 2 N–H and O–H groups in total. The van der Waals surface area contributed by atoms with Gasteiger partial charge in [-0.3, -0.25) is 4.79 Å². The number of hydrogen-bond donors (Lipinski definition) is 2. The number of methoxy groups -OCH3 is 1. The molecule has 0 heterocycles. The van der Waals surface area contributed by atoms with Gasteiger partial charge in [-0.1, -0.05) is 43.2 Å². The quantitative estimate of drug-likeness (QED) is 0.776. The molecule has 22 heavy (non-hydrogen) atoms. The summed E-state index contributed by atoms with van der Waals surface area (Å²) in [6.45, 7) is 1.43. The van der Waals surface area contributed by atoms with Crippen molar-refractivity contribution in [2.24, 2.45) is 5.41 Å². The first kappa shape index (κ1) is 17.0. The van der Waals surface area contributed by atoms with Crippen LogP contribution >= 0.6 is 0 Å². The van der Waals surface area contributed by atoms with E-state index in [1.165, 1.54) is 12.8 Å². The van der Waals surface area contributed by atoms with Crippen LogP contribution in [0.3, 0.4) is 0 Å². The van der Waals surface area contributed by atoms with Crippen LogP contribution in [0.5, 0.6) is 0 Å². The Labute approximate surface area is 132 Å². The van der Waals surface area contributed by atoms with Gasteiger partial charge >= 0.3 is 0 Å². The first-order chi connectivity index (χ1) is 10.7. The SMILES string of the molecule is COCCC1(CNC(=O)CC(O)c2ccccc2)CCCC1. The maximum Gasteiger partial charge on any atom is 0.222 e. The number of ether oxygens (including phenoxy) is 1. The molecule has 1 atom stereocenters. The molecule has 4 nitrogen and oxygen atoms in total. The van der Waals surface area contributed by atoms with Crippen LogP contribution in [0.15, 0.2) is 30.3 Å². The molecular formula is C18H27NO3. The maximum atomic E-state index is 12.1. The number of carbonyl (C=O) groups excluding carboxylic acids is 1. The summed E-state index contributed by atoms with van der Waals surface area (Å²) >= 11 is 0. The molecule has 0 aliphatic heterocycles. The van der Waals surface area contributed by atoms with Crippen molar-refractivity contribution < 1.29 is 14.6 Å². The zero-order valence-electron chi connectivity index (χ0n) is 13.4. The van der Waals surface area contributed by atoms with E-state index in [-0.39, 0.29) is 17.7 Å². The van der Waals surface area contributed by atoms with Crippen LogP contribution in [0.4, 0.5) is 0 Å². The molecule has 1 aliphatic rings. The maximum absolute atomic E-state index is 12.1.